The number of anilines is 1. The van der Waals surface area contributed by atoms with Gasteiger partial charge in [0.15, 0.2) is 0 Å². The number of nitrogens with one attached hydrogen (secondary N) is 1. The lowest BCUT2D eigenvalue weighted by molar-refractivity contribution is 0.469. The van der Waals surface area contributed by atoms with Gasteiger partial charge in [0, 0.05) is 40.8 Å². The lowest BCUT2D eigenvalue weighted by Crippen LogP contribution is -2.39. The van der Waals surface area contributed by atoms with Crippen LogP contribution >= 0.6 is 0 Å². The van der Waals surface area contributed by atoms with Crippen molar-refractivity contribution in [2.24, 2.45) is 5.73 Å². The van der Waals surface area contributed by atoms with Crippen molar-refractivity contribution in [3.05, 3.63) is 71.4 Å². The maximum atomic E-state index is 6.60. The van der Waals surface area contributed by atoms with Crippen LogP contribution in [-0.2, 0) is 5.41 Å². The zero-order valence-corrected chi connectivity index (χ0v) is 16.0. The van der Waals surface area contributed by atoms with Gasteiger partial charge in [-0.1, -0.05) is 62.4 Å². The Morgan fingerprint density at radius 2 is 1.73 bits per heavy atom. The Morgan fingerprint density at radius 3 is 2.46 bits per heavy atom. The van der Waals surface area contributed by atoms with Crippen LogP contribution in [0.1, 0.15) is 30.7 Å². The predicted molar refractivity (Wildman–Crippen MR) is 113 cm³/mol. The van der Waals surface area contributed by atoms with E-state index >= 15 is 0 Å². The average molecular weight is 348 g/mol. The number of hydrogen-bond acceptors (Lipinski definition) is 3. The van der Waals surface area contributed by atoms with Gasteiger partial charge in [-0.3, -0.25) is 4.68 Å². The molecule has 0 radical (unpaired) electrons. The molecule has 1 aromatic heterocycles. The van der Waals surface area contributed by atoms with E-state index in [1.165, 1.54) is 5.56 Å². The van der Waals surface area contributed by atoms with E-state index < -0.39 is 0 Å². The molecular weight excluding hydrogens is 320 g/mol. The monoisotopic (exact) mass is 348 g/mol. The van der Waals surface area contributed by atoms with Crippen molar-refractivity contribution in [1.29, 1.82) is 0 Å². The van der Waals surface area contributed by atoms with Gasteiger partial charge in [-0.05, 0) is 24.6 Å². The Labute approximate surface area is 155 Å². The van der Waals surface area contributed by atoms with Gasteiger partial charge < -0.3 is 16.9 Å². The number of nitrogens with zero attached hydrogens (tertiary/aromatic N) is 1. The van der Waals surface area contributed by atoms with Gasteiger partial charge in [-0.15, -0.1) is 0 Å². The highest BCUT2D eigenvalue weighted by Gasteiger charge is 2.29. The SMILES string of the molecule is CNc1ccccc1C(C)(C)C(N)C=Cc1c(C)n(N)c2ccccc12. The molecule has 4 nitrogen and oxygen atoms in total. The largest absolute Gasteiger partial charge is 0.388 e. The van der Waals surface area contributed by atoms with Gasteiger partial charge in [0.1, 0.15) is 0 Å². The standard InChI is InChI=1S/C22H28N4/c1-15-16(17-9-5-8-12-20(17)26(15)24)13-14-21(23)22(2,3)18-10-6-7-11-19(18)25-4/h5-14,21,25H,23-24H2,1-4H3. The molecule has 3 rings (SSSR count). The molecule has 26 heavy (non-hydrogen) atoms. The van der Waals surface area contributed by atoms with Gasteiger partial charge >= 0.3 is 0 Å². The van der Waals surface area contributed by atoms with Crippen LogP contribution in [0, 0.1) is 6.92 Å². The normalized spacial score (nSPS) is 13.4. The lowest BCUT2D eigenvalue weighted by atomic mass is 9.77. The second-order valence-corrected chi connectivity index (χ2v) is 7.29. The summed E-state index contributed by atoms with van der Waals surface area (Å²) in [6.45, 7) is 6.39. The number of benzene rings is 2. The van der Waals surface area contributed by atoms with Crippen LogP contribution in [0.3, 0.4) is 0 Å². The zero-order chi connectivity index (χ0) is 18.9. The third kappa shape index (κ3) is 2.97. The quantitative estimate of drug-likeness (QED) is 0.610. The van der Waals surface area contributed by atoms with Crippen LogP contribution in [0.5, 0.6) is 0 Å². The van der Waals surface area contributed by atoms with Gasteiger partial charge in [-0.2, -0.15) is 0 Å². The van der Waals surface area contributed by atoms with E-state index in [4.69, 9.17) is 11.6 Å². The summed E-state index contributed by atoms with van der Waals surface area (Å²) in [5.41, 5.74) is 11.9. The van der Waals surface area contributed by atoms with E-state index in [0.29, 0.717) is 0 Å². The minimum Gasteiger partial charge on any atom is -0.388 e. The number of hydrogen-bond donors (Lipinski definition) is 3. The molecule has 0 saturated carbocycles. The number of para-hydroxylation sites is 2. The minimum absolute atomic E-state index is 0.142. The second-order valence-electron chi connectivity index (χ2n) is 7.29. The van der Waals surface area contributed by atoms with Gasteiger partial charge in [0.05, 0.1) is 5.52 Å². The summed E-state index contributed by atoms with van der Waals surface area (Å²) >= 11 is 0. The van der Waals surface area contributed by atoms with Crippen LogP contribution in [0.4, 0.5) is 5.69 Å². The highest BCUT2D eigenvalue weighted by Crippen LogP contribution is 2.33. The summed E-state index contributed by atoms with van der Waals surface area (Å²) in [6.07, 6.45) is 4.19. The molecule has 0 bridgehead atoms. The predicted octanol–water partition coefficient (Wildman–Crippen LogP) is 4.02. The summed E-state index contributed by atoms with van der Waals surface area (Å²) in [6, 6.07) is 16.3. The van der Waals surface area contributed by atoms with E-state index in [0.717, 1.165) is 27.8 Å². The molecule has 1 heterocycles. The molecule has 4 heteroatoms. The number of aromatic nitrogens is 1. The van der Waals surface area contributed by atoms with E-state index in [-0.39, 0.29) is 11.5 Å². The third-order valence-electron chi connectivity index (χ3n) is 5.40. The molecule has 0 aliphatic rings. The second kappa shape index (κ2) is 6.89. The summed E-state index contributed by atoms with van der Waals surface area (Å²) in [4.78, 5) is 0. The zero-order valence-electron chi connectivity index (χ0n) is 16.0. The molecule has 0 saturated heterocycles. The van der Waals surface area contributed by atoms with Crippen molar-refractivity contribution in [1.82, 2.24) is 4.68 Å². The van der Waals surface area contributed by atoms with Crippen LogP contribution in [0.15, 0.2) is 54.6 Å². The molecule has 1 atom stereocenters. The molecule has 0 amide bonds. The molecule has 1 unspecified atom stereocenters. The van der Waals surface area contributed by atoms with Gasteiger partial charge in [-0.25, -0.2) is 0 Å². The fourth-order valence-corrected chi connectivity index (χ4v) is 3.51. The molecular formula is C22H28N4. The maximum Gasteiger partial charge on any atom is 0.0699 e. The topological polar surface area (TPSA) is 69.0 Å². The Morgan fingerprint density at radius 1 is 1.08 bits per heavy atom. The van der Waals surface area contributed by atoms with Crippen LogP contribution in [0.25, 0.3) is 17.0 Å². The smallest absolute Gasteiger partial charge is 0.0699 e. The van der Waals surface area contributed by atoms with Crippen molar-refractivity contribution in [3.8, 4) is 0 Å². The van der Waals surface area contributed by atoms with Crippen molar-refractivity contribution in [2.45, 2.75) is 32.2 Å². The number of nitrogen functional groups attached to an aromatic ring is 1. The first-order valence-electron chi connectivity index (χ1n) is 8.94. The van der Waals surface area contributed by atoms with Crippen LogP contribution in [0.2, 0.25) is 0 Å². The fourth-order valence-electron chi connectivity index (χ4n) is 3.51. The number of fused-ring (bicyclic) bond motifs is 1. The van der Waals surface area contributed by atoms with Crippen molar-refractivity contribution in [3.63, 3.8) is 0 Å². The van der Waals surface area contributed by atoms with Crippen LogP contribution in [-0.4, -0.2) is 17.8 Å². The first kappa shape index (κ1) is 18.1. The average Bonchev–Trinajstić information content (AvgIpc) is 2.90. The van der Waals surface area contributed by atoms with Crippen molar-refractivity contribution >= 4 is 22.7 Å². The minimum atomic E-state index is -0.217. The van der Waals surface area contributed by atoms with Crippen LogP contribution < -0.4 is 16.9 Å². The highest BCUT2D eigenvalue weighted by molar-refractivity contribution is 5.91. The lowest BCUT2D eigenvalue weighted by Gasteiger charge is -2.32. The van der Waals surface area contributed by atoms with E-state index in [1.54, 1.807) is 4.68 Å². The molecule has 136 valence electrons. The first-order chi connectivity index (χ1) is 12.4. The third-order valence-corrected chi connectivity index (χ3v) is 5.40. The Balaban J connectivity index is 1.97. The van der Waals surface area contributed by atoms with Gasteiger partial charge in [0.2, 0.25) is 0 Å². The molecule has 0 fully saturated rings. The number of nitrogens with two attached hydrogens (primary N) is 2. The Bertz CT molecular complexity index is 950. The summed E-state index contributed by atoms with van der Waals surface area (Å²) in [7, 11) is 1.94. The van der Waals surface area contributed by atoms with E-state index in [1.807, 2.05) is 38.2 Å². The molecule has 5 N–H and O–H groups in total. The number of rotatable bonds is 5. The van der Waals surface area contributed by atoms with Gasteiger partial charge in [0.25, 0.3) is 0 Å². The Kier molecular flexibility index (Phi) is 4.79. The molecule has 0 aliphatic heterocycles. The summed E-state index contributed by atoms with van der Waals surface area (Å²) < 4.78 is 1.74. The fraction of sp³-hybridized carbons (Fsp3) is 0.273. The molecule has 2 aromatic carbocycles. The summed E-state index contributed by atoms with van der Waals surface area (Å²) in [5.74, 6) is 6.20. The Hall–Kier alpha value is -2.72. The summed E-state index contributed by atoms with van der Waals surface area (Å²) in [5, 5.41) is 4.41. The van der Waals surface area contributed by atoms with E-state index in [2.05, 4.69) is 55.6 Å². The van der Waals surface area contributed by atoms with E-state index in [9.17, 15) is 0 Å². The highest BCUT2D eigenvalue weighted by atomic mass is 15.3. The van der Waals surface area contributed by atoms with Crippen molar-refractivity contribution in [2.75, 3.05) is 18.2 Å². The molecule has 0 aliphatic carbocycles. The maximum absolute atomic E-state index is 6.60. The first-order valence-corrected chi connectivity index (χ1v) is 8.94. The van der Waals surface area contributed by atoms with Crippen molar-refractivity contribution < 1.29 is 0 Å². The molecule has 3 aromatic rings. The molecule has 0 spiro atoms.